The van der Waals surface area contributed by atoms with E-state index in [1.165, 1.54) is 4.68 Å². The van der Waals surface area contributed by atoms with Crippen molar-refractivity contribution in [3.8, 4) is 5.75 Å². The van der Waals surface area contributed by atoms with Crippen LogP contribution in [0.25, 0.3) is 0 Å². The number of carbonyl (C=O) groups is 1. The monoisotopic (exact) mass is 322 g/mol. The molecule has 0 bridgehead atoms. The summed E-state index contributed by atoms with van der Waals surface area (Å²) in [7, 11) is 1.70. The van der Waals surface area contributed by atoms with Crippen LogP contribution in [0.15, 0.2) is 54.6 Å². The summed E-state index contributed by atoms with van der Waals surface area (Å²) in [5.41, 5.74) is 8.86. The summed E-state index contributed by atoms with van der Waals surface area (Å²) in [5.74, 6) is -0.00664. The van der Waals surface area contributed by atoms with Gasteiger partial charge in [-0.25, -0.2) is 4.79 Å². The van der Waals surface area contributed by atoms with Crippen LogP contribution in [-0.4, -0.2) is 15.7 Å². The Morgan fingerprint density at radius 2 is 1.79 bits per heavy atom. The predicted molar refractivity (Wildman–Crippen MR) is 93.5 cm³/mol. The topological polar surface area (TPSA) is 82.2 Å². The molecule has 0 unspecified atom stereocenters. The molecule has 6 heteroatoms. The number of rotatable bonds is 4. The first-order valence-electron chi connectivity index (χ1n) is 7.48. The molecule has 0 aliphatic heterocycles. The number of aryl methyl sites for hydroxylation is 2. The minimum absolute atomic E-state index is 0.333. The van der Waals surface area contributed by atoms with Crippen molar-refractivity contribution < 1.29 is 9.53 Å². The minimum Gasteiger partial charge on any atom is -0.422 e. The molecule has 0 aliphatic rings. The van der Waals surface area contributed by atoms with Crippen LogP contribution in [0.4, 0.5) is 17.1 Å². The molecule has 0 amide bonds. The van der Waals surface area contributed by atoms with Gasteiger partial charge in [0.2, 0.25) is 0 Å². The lowest BCUT2D eigenvalue weighted by atomic mass is 10.2. The van der Waals surface area contributed by atoms with Gasteiger partial charge in [-0.1, -0.05) is 30.3 Å². The molecular formula is C18H18N4O2. The number of para-hydroxylation sites is 3. The Morgan fingerprint density at radius 1 is 1.12 bits per heavy atom. The smallest absolute Gasteiger partial charge is 0.364 e. The summed E-state index contributed by atoms with van der Waals surface area (Å²) in [4.78, 5) is 12.6. The molecule has 3 rings (SSSR count). The second-order valence-electron chi connectivity index (χ2n) is 5.35. The SMILES string of the molecule is Cc1nn(C)c(C(=O)Oc2ccccc2)c1Nc1ccccc1N. The van der Waals surface area contributed by atoms with Gasteiger partial charge < -0.3 is 15.8 Å². The molecule has 0 spiro atoms. The maximum atomic E-state index is 12.6. The summed E-state index contributed by atoms with van der Waals surface area (Å²) in [5, 5.41) is 7.50. The van der Waals surface area contributed by atoms with Crippen LogP contribution in [0.5, 0.6) is 5.75 Å². The zero-order valence-corrected chi connectivity index (χ0v) is 13.5. The van der Waals surface area contributed by atoms with Crippen molar-refractivity contribution >= 4 is 23.0 Å². The van der Waals surface area contributed by atoms with E-state index < -0.39 is 5.97 Å². The quantitative estimate of drug-likeness (QED) is 0.437. The summed E-state index contributed by atoms with van der Waals surface area (Å²) in [6, 6.07) is 16.3. The number of hydrogen-bond acceptors (Lipinski definition) is 5. The van der Waals surface area contributed by atoms with Gasteiger partial charge in [0.05, 0.1) is 22.8 Å². The number of nitrogens with one attached hydrogen (secondary N) is 1. The average Bonchev–Trinajstić information content (AvgIpc) is 2.84. The first-order valence-corrected chi connectivity index (χ1v) is 7.48. The Kier molecular flexibility index (Phi) is 4.20. The molecular weight excluding hydrogens is 304 g/mol. The first kappa shape index (κ1) is 15.6. The van der Waals surface area contributed by atoms with Crippen molar-refractivity contribution in [2.24, 2.45) is 7.05 Å². The fraction of sp³-hybridized carbons (Fsp3) is 0.111. The number of hydrogen-bond donors (Lipinski definition) is 2. The number of aromatic nitrogens is 2. The largest absolute Gasteiger partial charge is 0.422 e. The lowest BCUT2D eigenvalue weighted by Crippen LogP contribution is -2.15. The summed E-state index contributed by atoms with van der Waals surface area (Å²) in [6.07, 6.45) is 0. The van der Waals surface area contributed by atoms with Gasteiger partial charge in [-0.05, 0) is 31.2 Å². The summed E-state index contributed by atoms with van der Waals surface area (Å²) >= 11 is 0. The van der Waals surface area contributed by atoms with E-state index in [9.17, 15) is 4.79 Å². The predicted octanol–water partition coefficient (Wildman–Crippen LogP) is 3.27. The van der Waals surface area contributed by atoms with Crippen LogP contribution in [0.3, 0.4) is 0 Å². The summed E-state index contributed by atoms with van der Waals surface area (Å²) < 4.78 is 6.93. The molecule has 122 valence electrons. The zero-order valence-electron chi connectivity index (χ0n) is 13.5. The highest BCUT2D eigenvalue weighted by atomic mass is 16.5. The maximum absolute atomic E-state index is 12.6. The minimum atomic E-state index is -0.485. The number of nitrogens with zero attached hydrogens (tertiary/aromatic N) is 2. The number of benzene rings is 2. The van der Waals surface area contributed by atoms with Crippen LogP contribution in [0.1, 0.15) is 16.2 Å². The normalized spacial score (nSPS) is 10.4. The molecule has 24 heavy (non-hydrogen) atoms. The number of anilines is 3. The van der Waals surface area contributed by atoms with Gasteiger partial charge >= 0.3 is 5.97 Å². The van der Waals surface area contributed by atoms with Gasteiger partial charge in [-0.2, -0.15) is 5.10 Å². The zero-order chi connectivity index (χ0) is 17.1. The molecule has 3 aromatic rings. The van der Waals surface area contributed by atoms with Crippen LogP contribution < -0.4 is 15.8 Å². The van der Waals surface area contributed by atoms with E-state index in [1.54, 1.807) is 37.4 Å². The fourth-order valence-electron chi connectivity index (χ4n) is 2.43. The third-order valence-corrected chi connectivity index (χ3v) is 3.59. The van der Waals surface area contributed by atoms with E-state index >= 15 is 0 Å². The molecule has 2 aromatic carbocycles. The molecule has 0 radical (unpaired) electrons. The van der Waals surface area contributed by atoms with E-state index in [1.807, 2.05) is 31.2 Å². The van der Waals surface area contributed by atoms with E-state index in [0.717, 1.165) is 0 Å². The van der Waals surface area contributed by atoms with Crippen molar-refractivity contribution in [3.63, 3.8) is 0 Å². The highest BCUT2D eigenvalue weighted by Gasteiger charge is 2.22. The van der Waals surface area contributed by atoms with Gasteiger partial charge in [0.1, 0.15) is 5.75 Å². The average molecular weight is 322 g/mol. The molecule has 0 fully saturated rings. The standard InChI is InChI=1S/C18H18N4O2/c1-12-16(20-15-11-7-6-10-14(15)19)17(22(2)21-12)18(23)24-13-8-4-3-5-9-13/h3-11,20H,19H2,1-2H3. The van der Waals surface area contributed by atoms with E-state index in [2.05, 4.69) is 10.4 Å². The number of nitrogen functional groups attached to an aromatic ring is 1. The molecule has 0 saturated carbocycles. The van der Waals surface area contributed by atoms with Gasteiger partial charge in [-0.3, -0.25) is 4.68 Å². The van der Waals surface area contributed by atoms with Gasteiger partial charge in [0, 0.05) is 7.05 Å². The molecule has 3 N–H and O–H groups in total. The molecule has 0 atom stereocenters. The third-order valence-electron chi connectivity index (χ3n) is 3.59. The van der Waals surface area contributed by atoms with Crippen molar-refractivity contribution in [3.05, 3.63) is 66.0 Å². The molecule has 1 heterocycles. The lowest BCUT2D eigenvalue weighted by Gasteiger charge is -2.11. The molecule has 6 nitrogen and oxygen atoms in total. The highest BCUT2D eigenvalue weighted by molar-refractivity contribution is 5.97. The van der Waals surface area contributed by atoms with E-state index in [4.69, 9.17) is 10.5 Å². The van der Waals surface area contributed by atoms with Crippen LogP contribution >= 0.6 is 0 Å². The fourth-order valence-corrected chi connectivity index (χ4v) is 2.43. The Hall–Kier alpha value is -3.28. The van der Waals surface area contributed by atoms with Crippen molar-refractivity contribution in [1.82, 2.24) is 9.78 Å². The lowest BCUT2D eigenvalue weighted by molar-refractivity contribution is 0.0724. The number of ether oxygens (including phenoxy) is 1. The van der Waals surface area contributed by atoms with Crippen molar-refractivity contribution in [2.45, 2.75) is 6.92 Å². The molecule has 0 saturated heterocycles. The van der Waals surface area contributed by atoms with E-state index in [0.29, 0.717) is 34.2 Å². The number of carbonyl (C=O) groups excluding carboxylic acids is 1. The second kappa shape index (κ2) is 6.45. The van der Waals surface area contributed by atoms with Gasteiger partial charge in [0.25, 0.3) is 0 Å². The van der Waals surface area contributed by atoms with Gasteiger partial charge in [0.15, 0.2) is 5.69 Å². The van der Waals surface area contributed by atoms with Crippen LogP contribution in [0.2, 0.25) is 0 Å². The van der Waals surface area contributed by atoms with Crippen LogP contribution in [-0.2, 0) is 7.05 Å². The van der Waals surface area contributed by atoms with Crippen molar-refractivity contribution in [2.75, 3.05) is 11.1 Å². The molecule has 0 aliphatic carbocycles. The maximum Gasteiger partial charge on any atom is 0.364 e. The van der Waals surface area contributed by atoms with Crippen LogP contribution in [0, 0.1) is 6.92 Å². The number of esters is 1. The van der Waals surface area contributed by atoms with E-state index in [-0.39, 0.29) is 0 Å². The Morgan fingerprint density at radius 3 is 2.50 bits per heavy atom. The summed E-state index contributed by atoms with van der Waals surface area (Å²) in [6.45, 7) is 1.82. The Balaban J connectivity index is 1.94. The highest BCUT2D eigenvalue weighted by Crippen LogP contribution is 2.28. The molecule has 1 aromatic heterocycles. The first-order chi connectivity index (χ1) is 11.6. The third kappa shape index (κ3) is 3.08. The number of nitrogens with two attached hydrogens (primary N) is 1. The van der Waals surface area contributed by atoms with Gasteiger partial charge in [-0.15, -0.1) is 0 Å². The Labute approximate surface area is 139 Å². The second-order valence-corrected chi connectivity index (χ2v) is 5.35. The van der Waals surface area contributed by atoms with Crippen molar-refractivity contribution in [1.29, 1.82) is 0 Å². The Bertz CT molecular complexity index is 872.